The number of carbonyl (C=O) groups excluding carboxylic acids is 1. The quantitative estimate of drug-likeness (QED) is 0.713. The molecule has 0 aliphatic heterocycles. The Kier molecular flexibility index (Phi) is 5.31. The Labute approximate surface area is 152 Å². The maximum absolute atomic E-state index is 12.3. The lowest BCUT2D eigenvalue weighted by atomic mass is 10.1. The Morgan fingerprint density at radius 1 is 1.12 bits per heavy atom. The summed E-state index contributed by atoms with van der Waals surface area (Å²) in [5, 5.41) is 9.74. The molecular weight excluding hydrogens is 328 g/mol. The molecule has 0 aliphatic carbocycles. The van der Waals surface area contributed by atoms with Crippen LogP contribution in [0.5, 0.6) is 5.75 Å². The average Bonchev–Trinajstić information content (AvgIpc) is 3.08. The molecule has 6 heteroatoms. The summed E-state index contributed by atoms with van der Waals surface area (Å²) in [5.74, 6) is 1.96. The van der Waals surface area contributed by atoms with Crippen molar-refractivity contribution in [3.05, 3.63) is 76.9 Å². The van der Waals surface area contributed by atoms with Gasteiger partial charge >= 0.3 is 0 Å². The Morgan fingerprint density at radius 3 is 2.42 bits per heavy atom. The van der Waals surface area contributed by atoms with Crippen LogP contribution in [-0.4, -0.2) is 21.1 Å². The minimum Gasteiger partial charge on any atom is -0.489 e. The molecule has 2 N–H and O–H groups in total. The van der Waals surface area contributed by atoms with Crippen LogP contribution in [0.1, 0.15) is 46.1 Å². The average molecular weight is 350 g/mol. The summed E-state index contributed by atoms with van der Waals surface area (Å²) >= 11 is 0. The first-order chi connectivity index (χ1) is 12.5. The molecule has 1 heterocycles. The minimum absolute atomic E-state index is 0.161. The monoisotopic (exact) mass is 350 g/mol. The summed E-state index contributed by atoms with van der Waals surface area (Å²) in [6, 6.07) is 15.0. The number of nitrogens with zero attached hydrogens (tertiary/aromatic N) is 2. The first kappa shape index (κ1) is 17.7. The standard InChI is InChI=1S/C20H22N4O2/c1-13-4-10-18(11-5-13)26-12-16-6-8-17(9-7-16)20(25)21-14(2)19-22-15(3)23-24-19/h4-11,14H,12H2,1-3H3,(H,21,25)(H,22,23,24). The highest BCUT2D eigenvalue weighted by Crippen LogP contribution is 2.15. The zero-order valence-electron chi connectivity index (χ0n) is 15.1. The second-order valence-corrected chi connectivity index (χ2v) is 6.27. The van der Waals surface area contributed by atoms with E-state index in [1.807, 2.05) is 57.2 Å². The first-order valence-corrected chi connectivity index (χ1v) is 8.49. The number of aromatic nitrogens is 3. The van der Waals surface area contributed by atoms with Gasteiger partial charge in [0, 0.05) is 5.56 Å². The zero-order valence-corrected chi connectivity index (χ0v) is 15.1. The van der Waals surface area contributed by atoms with Gasteiger partial charge in [0.15, 0.2) is 5.82 Å². The molecule has 2 aromatic carbocycles. The molecule has 0 spiro atoms. The molecule has 1 amide bonds. The number of aryl methyl sites for hydroxylation is 2. The number of aromatic amines is 1. The fourth-order valence-corrected chi connectivity index (χ4v) is 2.45. The van der Waals surface area contributed by atoms with Gasteiger partial charge < -0.3 is 10.1 Å². The third kappa shape index (κ3) is 4.47. The Bertz CT molecular complexity index is 870. The van der Waals surface area contributed by atoms with E-state index in [-0.39, 0.29) is 11.9 Å². The fraction of sp³-hybridized carbons (Fsp3) is 0.250. The number of H-pyrrole nitrogens is 1. The van der Waals surface area contributed by atoms with Gasteiger partial charge in [-0.3, -0.25) is 9.89 Å². The van der Waals surface area contributed by atoms with Gasteiger partial charge in [0.05, 0.1) is 6.04 Å². The van der Waals surface area contributed by atoms with Crippen LogP contribution in [0, 0.1) is 13.8 Å². The van der Waals surface area contributed by atoms with Crippen LogP contribution in [0.15, 0.2) is 48.5 Å². The number of rotatable bonds is 6. The summed E-state index contributed by atoms with van der Waals surface area (Å²) in [4.78, 5) is 16.6. The van der Waals surface area contributed by atoms with Crippen molar-refractivity contribution in [1.82, 2.24) is 20.5 Å². The van der Waals surface area contributed by atoms with Crippen molar-refractivity contribution in [2.24, 2.45) is 0 Å². The maximum atomic E-state index is 12.3. The Balaban J connectivity index is 1.56. The van der Waals surface area contributed by atoms with Gasteiger partial charge in [-0.1, -0.05) is 29.8 Å². The maximum Gasteiger partial charge on any atom is 0.251 e. The van der Waals surface area contributed by atoms with Crippen LogP contribution >= 0.6 is 0 Å². The predicted octanol–water partition coefficient (Wildman–Crippen LogP) is 3.49. The normalized spacial score (nSPS) is 11.8. The highest BCUT2D eigenvalue weighted by atomic mass is 16.5. The van der Waals surface area contributed by atoms with Gasteiger partial charge in [-0.2, -0.15) is 5.10 Å². The summed E-state index contributed by atoms with van der Waals surface area (Å²) < 4.78 is 5.75. The van der Waals surface area contributed by atoms with E-state index in [9.17, 15) is 4.79 Å². The molecule has 3 aromatic rings. The number of benzene rings is 2. The largest absolute Gasteiger partial charge is 0.489 e. The second-order valence-electron chi connectivity index (χ2n) is 6.27. The van der Waals surface area contributed by atoms with E-state index in [1.165, 1.54) is 5.56 Å². The lowest BCUT2D eigenvalue weighted by molar-refractivity contribution is 0.0938. The van der Waals surface area contributed by atoms with Crippen LogP contribution in [0.3, 0.4) is 0 Å². The Hall–Kier alpha value is -3.15. The van der Waals surface area contributed by atoms with E-state index < -0.39 is 0 Å². The van der Waals surface area contributed by atoms with Crippen molar-refractivity contribution in [2.75, 3.05) is 0 Å². The molecule has 3 rings (SSSR count). The number of nitrogens with one attached hydrogen (secondary N) is 2. The number of hydrogen-bond acceptors (Lipinski definition) is 4. The summed E-state index contributed by atoms with van der Waals surface area (Å²) in [6.07, 6.45) is 0. The summed E-state index contributed by atoms with van der Waals surface area (Å²) in [5.41, 5.74) is 2.78. The molecule has 6 nitrogen and oxygen atoms in total. The number of hydrogen-bond donors (Lipinski definition) is 2. The molecule has 0 bridgehead atoms. The first-order valence-electron chi connectivity index (χ1n) is 8.49. The van der Waals surface area contributed by atoms with Gasteiger partial charge in [-0.05, 0) is 50.6 Å². The van der Waals surface area contributed by atoms with Crippen LogP contribution in [0.4, 0.5) is 0 Å². The third-order valence-corrected chi connectivity index (χ3v) is 3.99. The molecule has 0 aliphatic rings. The topological polar surface area (TPSA) is 79.9 Å². The van der Waals surface area contributed by atoms with Crippen molar-refractivity contribution in [3.63, 3.8) is 0 Å². The molecule has 0 radical (unpaired) electrons. The lowest BCUT2D eigenvalue weighted by Crippen LogP contribution is -2.27. The van der Waals surface area contributed by atoms with Crippen molar-refractivity contribution in [1.29, 1.82) is 0 Å². The molecule has 134 valence electrons. The van der Waals surface area contributed by atoms with Crippen LogP contribution < -0.4 is 10.1 Å². The van der Waals surface area contributed by atoms with Gasteiger partial charge in [-0.25, -0.2) is 4.98 Å². The lowest BCUT2D eigenvalue weighted by Gasteiger charge is -2.11. The summed E-state index contributed by atoms with van der Waals surface area (Å²) in [7, 11) is 0. The number of ether oxygens (including phenoxy) is 1. The second kappa shape index (κ2) is 7.82. The molecule has 0 fully saturated rings. The Morgan fingerprint density at radius 2 is 1.81 bits per heavy atom. The highest BCUT2D eigenvalue weighted by Gasteiger charge is 2.14. The van der Waals surface area contributed by atoms with Crippen LogP contribution in [0.25, 0.3) is 0 Å². The minimum atomic E-state index is -0.267. The van der Waals surface area contributed by atoms with E-state index in [1.54, 1.807) is 12.1 Å². The van der Waals surface area contributed by atoms with Gasteiger partial charge in [-0.15, -0.1) is 0 Å². The van der Waals surface area contributed by atoms with Crippen LogP contribution in [0.2, 0.25) is 0 Å². The molecule has 26 heavy (non-hydrogen) atoms. The number of amides is 1. The molecule has 1 unspecified atom stereocenters. The highest BCUT2D eigenvalue weighted by molar-refractivity contribution is 5.94. The summed E-state index contributed by atoms with van der Waals surface area (Å²) in [6.45, 7) is 6.17. The molecular formula is C20H22N4O2. The van der Waals surface area contributed by atoms with Crippen molar-refractivity contribution < 1.29 is 9.53 Å². The number of carbonyl (C=O) groups is 1. The van der Waals surface area contributed by atoms with Crippen molar-refractivity contribution in [3.8, 4) is 5.75 Å². The molecule has 1 aromatic heterocycles. The van der Waals surface area contributed by atoms with E-state index in [0.29, 0.717) is 18.0 Å². The molecule has 0 saturated heterocycles. The van der Waals surface area contributed by atoms with Gasteiger partial charge in [0.1, 0.15) is 18.2 Å². The van der Waals surface area contributed by atoms with Crippen molar-refractivity contribution >= 4 is 5.91 Å². The van der Waals surface area contributed by atoms with Gasteiger partial charge in [0.25, 0.3) is 5.91 Å². The molecule has 0 saturated carbocycles. The van der Waals surface area contributed by atoms with Gasteiger partial charge in [0.2, 0.25) is 0 Å². The third-order valence-electron chi connectivity index (χ3n) is 3.99. The van der Waals surface area contributed by atoms with E-state index in [4.69, 9.17) is 4.74 Å². The fourth-order valence-electron chi connectivity index (χ4n) is 2.45. The smallest absolute Gasteiger partial charge is 0.251 e. The van der Waals surface area contributed by atoms with E-state index in [2.05, 4.69) is 20.5 Å². The SMILES string of the molecule is Cc1ccc(OCc2ccc(C(=O)NC(C)c3n[nH]c(C)n3)cc2)cc1. The molecule has 1 atom stereocenters. The predicted molar refractivity (Wildman–Crippen MR) is 99.0 cm³/mol. The van der Waals surface area contributed by atoms with E-state index >= 15 is 0 Å². The zero-order chi connectivity index (χ0) is 18.5. The van der Waals surface area contributed by atoms with Crippen LogP contribution in [-0.2, 0) is 6.61 Å². The van der Waals surface area contributed by atoms with E-state index in [0.717, 1.165) is 17.1 Å². The van der Waals surface area contributed by atoms with Crippen molar-refractivity contribution in [2.45, 2.75) is 33.4 Å².